The second-order valence-electron chi connectivity index (χ2n) is 13.1. The number of piperidine rings is 1. The summed E-state index contributed by atoms with van der Waals surface area (Å²) < 4.78 is 17.3. The minimum atomic E-state index is -0.500. The summed E-state index contributed by atoms with van der Waals surface area (Å²) in [5.41, 5.74) is 9.80. The Kier molecular flexibility index (Phi) is 14.5. The van der Waals surface area contributed by atoms with E-state index in [0.29, 0.717) is 18.5 Å². The number of halogens is 1. The van der Waals surface area contributed by atoms with Gasteiger partial charge in [-0.3, -0.25) is 9.78 Å². The second-order valence-corrected chi connectivity index (χ2v) is 13.1. The number of ether oxygens (including phenoxy) is 1. The van der Waals surface area contributed by atoms with E-state index in [-0.39, 0.29) is 5.82 Å². The summed E-state index contributed by atoms with van der Waals surface area (Å²) >= 11 is 0. The minimum Gasteiger partial charge on any atom is -0.468 e. The Labute approximate surface area is 265 Å². The summed E-state index contributed by atoms with van der Waals surface area (Å²) in [6.07, 6.45) is 3.43. The Morgan fingerprint density at radius 2 is 1.45 bits per heavy atom. The van der Waals surface area contributed by atoms with Crippen LogP contribution in [0.4, 0.5) is 10.1 Å². The molecule has 1 aliphatic heterocycles. The summed E-state index contributed by atoms with van der Waals surface area (Å²) in [6, 6.07) is 15.6. The summed E-state index contributed by atoms with van der Waals surface area (Å²) in [6.45, 7) is 22.9. The number of hydrogen-bond donors (Lipinski definition) is 2. The van der Waals surface area contributed by atoms with Crippen molar-refractivity contribution >= 4 is 12.2 Å². The molecule has 1 aromatic heterocycles. The third-order valence-corrected chi connectivity index (χ3v) is 7.49. The Hall–Kier alpha value is -3.29. The lowest BCUT2D eigenvalue weighted by Gasteiger charge is -2.40. The SMILES string of the molecule is CC(C)(C)O.CCOC=O.CCc1c(C)nc(C)c(-c2ccc(CNCc3ccc(F)cc3)cc2)c1N1CCC(C)(C)CC1. The van der Waals surface area contributed by atoms with Crippen LogP contribution in [-0.4, -0.2) is 41.9 Å². The molecule has 7 heteroatoms. The molecule has 1 fully saturated rings. The minimum absolute atomic E-state index is 0.195. The number of aromatic nitrogens is 1. The first-order valence-electron chi connectivity index (χ1n) is 15.8. The highest BCUT2D eigenvalue weighted by Crippen LogP contribution is 2.41. The van der Waals surface area contributed by atoms with Crippen molar-refractivity contribution in [2.24, 2.45) is 5.41 Å². The number of anilines is 1. The van der Waals surface area contributed by atoms with Gasteiger partial charge in [-0.05, 0) is 101 Å². The Morgan fingerprint density at radius 3 is 1.89 bits per heavy atom. The topological polar surface area (TPSA) is 74.7 Å². The van der Waals surface area contributed by atoms with Crippen molar-refractivity contribution in [2.45, 2.75) is 100 Å². The lowest BCUT2D eigenvalue weighted by Crippen LogP contribution is -2.38. The van der Waals surface area contributed by atoms with Crippen molar-refractivity contribution in [2.75, 3.05) is 24.6 Å². The summed E-state index contributed by atoms with van der Waals surface area (Å²) in [7, 11) is 0. The molecule has 1 saturated heterocycles. The average Bonchev–Trinajstić information content (AvgIpc) is 2.94. The highest BCUT2D eigenvalue weighted by atomic mass is 19.1. The van der Waals surface area contributed by atoms with Gasteiger partial charge in [-0.2, -0.15) is 0 Å². The summed E-state index contributed by atoms with van der Waals surface area (Å²) in [5, 5.41) is 12.0. The van der Waals surface area contributed by atoms with Crippen LogP contribution in [0.2, 0.25) is 0 Å². The van der Waals surface area contributed by atoms with Crippen LogP contribution in [0.25, 0.3) is 11.1 Å². The molecule has 0 unspecified atom stereocenters. The molecule has 0 spiro atoms. The van der Waals surface area contributed by atoms with Gasteiger partial charge in [-0.1, -0.05) is 57.2 Å². The Morgan fingerprint density at radius 1 is 0.955 bits per heavy atom. The van der Waals surface area contributed by atoms with Gasteiger partial charge < -0.3 is 20.1 Å². The molecule has 2 N–H and O–H groups in total. The van der Waals surface area contributed by atoms with Crippen molar-refractivity contribution in [3.05, 3.63) is 82.4 Å². The number of hydrogen-bond acceptors (Lipinski definition) is 6. The lowest BCUT2D eigenvalue weighted by atomic mass is 9.82. The quantitative estimate of drug-likeness (QED) is 0.241. The zero-order chi connectivity index (χ0) is 32.9. The Bertz CT molecular complexity index is 1280. The van der Waals surface area contributed by atoms with Crippen molar-refractivity contribution in [1.82, 2.24) is 10.3 Å². The number of rotatable bonds is 9. The fourth-order valence-corrected chi connectivity index (χ4v) is 5.13. The molecular formula is C37H54FN3O3. The van der Waals surface area contributed by atoms with Crippen molar-refractivity contribution < 1.29 is 19.0 Å². The molecule has 0 saturated carbocycles. The molecule has 3 aromatic rings. The third-order valence-electron chi connectivity index (χ3n) is 7.49. The van der Waals surface area contributed by atoms with E-state index in [1.165, 1.54) is 52.9 Å². The molecule has 2 aromatic carbocycles. The van der Waals surface area contributed by atoms with E-state index in [1.807, 2.05) is 12.1 Å². The molecule has 4 rings (SSSR count). The van der Waals surface area contributed by atoms with Crippen LogP contribution in [0.1, 0.15) is 89.4 Å². The van der Waals surface area contributed by atoms with Gasteiger partial charge in [0.15, 0.2) is 0 Å². The second kappa shape index (κ2) is 17.3. The van der Waals surface area contributed by atoms with E-state index < -0.39 is 5.60 Å². The van der Waals surface area contributed by atoms with E-state index in [4.69, 9.17) is 10.1 Å². The number of aliphatic hydroxyl groups is 1. The first-order valence-corrected chi connectivity index (χ1v) is 15.8. The number of nitrogens with one attached hydrogen (secondary N) is 1. The van der Waals surface area contributed by atoms with E-state index in [2.05, 4.69) is 73.8 Å². The number of carbonyl (C=O) groups excluding carboxylic acids is 1. The van der Waals surface area contributed by atoms with Gasteiger partial charge >= 0.3 is 0 Å². The monoisotopic (exact) mass is 607 g/mol. The number of pyridine rings is 1. The van der Waals surface area contributed by atoms with Gasteiger partial charge in [0.25, 0.3) is 6.47 Å². The van der Waals surface area contributed by atoms with E-state index >= 15 is 0 Å². The van der Waals surface area contributed by atoms with Crippen molar-refractivity contribution in [3.63, 3.8) is 0 Å². The first-order chi connectivity index (χ1) is 20.7. The molecule has 0 amide bonds. The molecule has 0 radical (unpaired) electrons. The van der Waals surface area contributed by atoms with E-state index in [9.17, 15) is 9.18 Å². The molecule has 0 bridgehead atoms. The number of benzene rings is 2. The fraction of sp³-hybridized carbons (Fsp3) is 0.514. The van der Waals surface area contributed by atoms with Crippen LogP contribution < -0.4 is 10.2 Å². The molecule has 44 heavy (non-hydrogen) atoms. The predicted molar refractivity (Wildman–Crippen MR) is 180 cm³/mol. The van der Waals surface area contributed by atoms with Gasteiger partial charge in [-0.15, -0.1) is 0 Å². The van der Waals surface area contributed by atoms with Gasteiger partial charge in [0, 0.05) is 43.1 Å². The van der Waals surface area contributed by atoms with Crippen molar-refractivity contribution in [3.8, 4) is 11.1 Å². The summed E-state index contributed by atoms with van der Waals surface area (Å²) in [5.74, 6) is -0.195. The van der Waals surface area contributed by atoms with E-state index in [1.54, 1.807) is 27.7 Å². The predicted octanol–water partition coefficient (Wildman–Crippen LogP) is 7.94. The molecule has 1 aliphatic rings. The smallest absolute Gasteiger partial charge is 0.293 e. The molecular weight excluding hydrogens is 553 g/mol. The largest absolute Gasteiger partial charge is 0.468 e. The first kappa shape index (κ1) is 36.9. The van der Waals surface area contributed by atoms with Crippen LogP contribution in [-0.2, 0) is 29.0 Å². The lowest BCUT2D eigenvalue weighted by molar-refractivity contribution is -0.128. The number of carbonyl (C=O) groups is 1. The van der Waals surface area contributed by atoms with Gasteiger partial charge in [0.05, 0.1) is 17.9 Å². The normalized spacial score (nSPS) is 14.1. The maximum atomic E-state index is 13.1. The van der Waals surface area contributed by atoms with Crippen LogP contribution >= 0.6 is 0 Å². The number of nitrogens with zero attached hydrogens (tertiary/aromatic N) is 2. The standard InChI is InChI=1S/C30H38FN3.C4H10O.C3H6O2/c1-6-27-21(2)33-22(3)28(29(27)34-17-15-30(4,5)16-18-34)25-11-7-23(8-12-25)19-32-20-24-9-13-26(31)14-10-24;1-4(2,3)5;1-2-5-3-4/h7-14,32H,6,15-20H2,1-5H3;5H,1-3H3;3H,2H2,1H3. The molecule has 2 heterocycles. The van der Waals surface area contributed by atoms with Crippen LogP contribution in [0.5, 0.6) is 0 Å². The van der Waals surface area contributed by atoms with Crippen LogP contribution in [0.3, 0.4) is 0 Å². The maximum Gasteiger partial charge on any atom is 0.293 e. The van der Waals surface area contributed by atoms with Crippen molar-refractivity contribution in [1.29, 1.82) is 0 Å². The zero-order valence-electron chi connectivity index (χ0n) is 28.4. The zero-order valence-corrected chi connectivity index (χ0v) is 28.4. The maximum absolute atomic E-state index is 13.1. The van der Waals surface area contributed by atoms with Gasteiger partial charge in [-0.25, -0.2) is 4.39 Å². The van der Waals surface area contributed by atoms with Gasteiger partial charge in [0.2, 0.25) is 0 Å². The molecule has 0 aliphatic carbocycles. The molecule has 242 valence electrons. The highest BCUT2D eigenvalue weighted by molar-refractivity contribution is 5.83. The third kappa shape index (κ3) is 12.4. The van der Waals surface area contributed by atoms with E-state index in [0.717, 1.165) is 49.6 Å². The molecule has 6 nitrogen and oxygen atoms in total. The summed E-state index contributed by atoms with van der Waals surface area (Å²) in [4.78, 5) is 16.7. The fourth-order valence-electron chi connectivity index (χ4n) is 5.13. The van der Waals surface area contributed by atoms with Crippen LogP contribution in [0.15, 0.2) is 48.5 Å². The molecule has 0 atom stereocenters. The average molecular weight is 608 g/mol. The number of aryl methyl sites for hydroxylation is 2. The van der Waals surface area contributed by atoms with Gasteiger partial charge in [0.1, 0.15) is 5.82 Å². The van der Waals surface area contributed by atoms with Crippen LogP contribution in [0, 0.1) is 25.1 Å². The Balaban J connectivity index is 0.000000586. The highest BCUT2D eigenvalue weighted by Gasteiger charge is 2.29.